The van der Waals surface area contributed by atoms with Gasteiger partial charge in [0.1, 0.15) is 5.75 Å². The van der Waals surface area contributed by atoms with Crippen LogP contribution in [0.15, 0.2) is 28.4 Å². The molecule has 1 aromatic carbocycles. The minimum absolute atomic E-state index is 0.0857. The Hall–Kier alpha value is -1.75. The van der Waals surface area contributed by atoms with E-state index in [1.807, 2.05) is 12.1 Å². The molecule has 0 atom stereocenters. The molecule has 0 aromatic heterocycles. The van der Waals surface area contributed by atoms with Crippen LogP contribution in [0.5, 0.6) is 5.75 Å². The zero-order valence-corrected chi connectivity index (χ0v) is 12.6. The maximum atomic E-state index is 6.14. The van der Waals surface area contributed by atoms with Crippen molar-refractivity contribution in [1.29, 1.82) is 0 Å². The van der Waals surface area contributed by atoms with Gasteiger partial charge in [0, 0.05) is 0 Å². The predicted molar refractivity (Wildman–Crippen MR) is 84.4 cm³/mol. The van der Waals surface area contributed by atoms with Crippen LogP contribution in [0, 0.1) is 5.92 Å². The Bertz CT molecular complexity index is 482. The van der Waals surface area contributed by atoms with Gasteiger partial charge in [-0.3, -0.25) is 0 Å². The van der Waals surface area contributed by atoms with E-state index in [9.17, 15) is 0 Å². The molecule has 0 heterocycles. The fourth-order valence-corrected chi connectivity index (χ4v) is 1.79. The van der Waals surface area contributed by atoms with Crippen LogP contribution in [0.3, 0.4) is 0 Å². The molecule has 0 saturated heterocycles. The fourth-order valence-electron chi connectivity index (χ4n) is 1.55. The number of rotatable bonds is 7. The zero-order valence-electron chi connectivity index (χ0n) is 11.8. The van der Waals surface area contributed by atoms with E-state index in [-0.39, 0.29) is 5.96 Å². The second-order valence-electron chi connectivity index (χ2n) is 4.84. The molecule has 0 bridgehead atoms. The number of nitrogens with zero attached hydrogens (tertiary/aromatic N) is 2. The van der Waals surface area contributed by atoms with E-state index in [1.165, 1.54) is 6.21 Å². The number of benzene rings is 1. The third-order valence-electron chi connectivity index (χ3n) is 2.52. The van der Waals surface area contributed by atoms with Gasteiger partial charge in [0.15, 0.2) is 0 Å². The lowest BCUT2D eigenvalue weighted by atomic mass is 10.1. The molecule has 0 aliphatic rings. The highest BCUT2D eigenvalue weighted by atomic mass is 35.5. The third-order valence-corrected chi connectivity index (χ3v) is 2.81. The molecule has 0 saturated carbocycles. The average molecular weight is 297 g/mol. The molecule has 20 heavy (non-hydrogen) atoms. The van der Waals surface area contributed by atoms with Crippen molar-refractivity contribution in [3.8, 4) is 5.75 Å². The van der Waals surface area contributed by atoms with Crippen molar-refractivity contribution in [2.45, 2.75) is 26.7 Å². The molecule has 110 valence electrons. The first-order chi connectivity index (χ1) is 9.49. The SMILES string of the molecule is CC(C)CCCOc1ccc(C=NN=C(N)N)cc1Cl. The summed E-state index contributed by atoms with van der Waals surface area (Å²) >= 11 is 6.14. The highest BCUT2D eigenvalue weighted by Crippen LogP contribution is 2.25. The lowest BCUT2D eigenvalue weighted by molar-refractivity contribution is 0.298. The number of hydrogen-bond acceptors (Lipinski definition) is 3. The van der Waals surface area contributed by atoms with Gasteiger partial charge < -0.3 is 16.2 Å². The maximum Gasteiger partial charge on any atom is 0.211 e. The van der Waals surface area contributed by atoms with Gasteiger partial charge in [0.05, 0.1) is 17.8 Å². The molecular weight excluding hydrogens is 276 g/mol. The van der Waals surface area contributed by atoms with Crippen molar-refractivity contribution in [3.63, 3.8) is 0 Å². The van der Waals surface area contributed by atoms with Crippen LogP contribution in [0.4, 0.5) is 0 Å². The second-order valence-corrected chi connectivity index (χ2v) is 5.25. The Kier molecular flexibility index (Phi) is 6.87. The summed E-state index contributed by atoms with van der Waals surface area (Å²) in [4.78, 5) is 0. The second kappa shape index (κ2) is 8.43. The van der Waals surface area contributed by atoms with E-state index in [0.29, 0.717) is 23.3 Å². The van der Waals surface area contributed by atoms with Gasteiger partial charge in [-0.2, -0.15) is 5.10 Å². The van der Waals surface area contributed by atoms with Crippen molar-refractivity contribution in [1.82, 2.24) is 0 Å². The molecule has 0 radical (unpaired) electrons. The first kappa shape index (κ1) is 16.3. The summed E-state index contributed by atoms with van der Waals surface area (Å²) in [7, 11) is 0. The zero-order chi connectivity index (χ0) is 15.0. The maximum absolute atomic E-state index is 6.14. The van der Waals surface area contributed by atoms with Crippen LogP contribution in [0.25, 0.3) is 0 Å². The van der Waals surface area contributed by atoms with Gasteiger partial charge in [-0.05, 0) is 42.5 Å². The molecule has 4 N–H and O–H groups in total. The van der Waals surface area contributed by atoms with E-state index >= 15 is 0 Å². The summed E-state index contributed by atoms with van der Waals surface area (Å²) in [6.07, 6.45) is 3.68. The van der Waals surface area contributed by atoms with Crippen molar-refractivity contribution < 1.29 is 4.74 Å². The smallest absolute Gasteiger partial charge is 0.211 e. The van der Waals surface area contributed by atoms with Crippen molar-refractivity contribution in [3.05, 3.63) is 28.8 Å². The van der Waals surface area contributed by atoms with Gasteiger partial charge in [0.2, 0.25) is 5.96 Å². The summed E-state index contributed by atoms with van der Waals surface area (Å²) in [6.45, 7) is 5.05. The molecule has 6 heteroatoms. The normalized spacial score (nSPS) is 11.0. The van der Waals surface area contributed by atoms with Crippen LogP contribution in [0.1, 0.15) is 32.3 Å². The molecule has 0 aliphatic carbocycles. The quantitative estimate of drug-likeness (QED) is 0.351. The van der Waals surface area contributed by atoms with Crippen molar-refractivity contribution in [2.75, 3.05) is 6.61 Å². The number of hydrogen-bond donors (Lipinski definition) is 2. The van der Waals surface area contributed by atoms with Gasteiger partial charge >= 0.3 is 0 Å². The van der Waals surface area contributed by atoms with Crippen LogP contribution >= 0.6 is 11.6 Å². The van der Waals surface area contributed by atoms with Crippen LogP contribution < -0.4 is 16.2 Å². The van der Waals surface area contributed by atoms with Gasteiger partial charge in [0.25, 0.3) is 0 Å². The Morgan fingerprint density at radius 1 is 1.40 bits per heavy atom. The topological polar surface area (TPSA) is 86.0 Å². The Morgan fingerprint density at radius 2 is 2.15 bits per heavy atom. The van der Waals surface area contributed by atoms with E-state index < -0.39 is 0 Å². The molecule has 1 rings (SSSR count). The van der Waals surface area contributed by atoms with E-state index in [2.05, 4.69) is 24.1 Å². The number of guanidine groups is 1. The average Bonchev–Trinajstić information content (AvgIpc) is 2.36. The third kappa shape index (κ3) is 6.43. The lowest BCUT2D eigenvalue weighted by Gasteiger charge is -2.09. The summed E-state index contributed by atoms with van der Waals surface area (Å²) in [5, 5.41) is 7.78. The fraction of sp³-hybridized carbons (Fsp3) is 0.429. The minimum Gasteiger partial charge on any atom is -0.492 e. The largest absolute Gasteiger partial charge is 0.492 e. The summed E-state index contributed by atoms with van der Waals surface area (Å²) in [5.41, 5.74) is 11.1. The number of nitrogens with two attached hydrogens (primary N) is 2. The lowest BCUT2D eigenvalue weighted by Crippen LogP contribution is -2.21. The summed E-state index contributed by atoms with van der Waals surface area (Å²) in [6, 6.07) is 5.41. The molecular formula is C14H21ClN4O. The Labute approximate surface area is 124 Å². The van der Waals surface area contributed by atoms with Crippen molar-refractivity contribution in [2.24, 2.45) is 27.6 Å². The standard InChI is InChI=1S/C14H21ClN4O/c1-10(2)4-3-7-20-13-6-5-11(8-12(13)15)9-18-19-14(16)17/h5-6,8-10H,3-4,7H2,1-2H3,(H4,16,17,19). The summed E-state index contributed by atoms with van der Waals surface area (Å²) in [5.74, 6) is 1.27. The Morgan fingerprint density at radius 3 is 2.75 bits per heavy atom. The van der Waals surface area contributed by atoms with Crippen LogP contribution in [0.2, 0.25) is 5.02 Å². The minimum atomic E-state index is -0.0857. The first-order valence-corrected chi connectivity index (χ1v) is 6.91. The highest BCUT2D eigenvalue weighted by Gasteiger charge is 2.02. The Balaban J connectivity index is 2.55. The molecule has 5 nitrogen and oxygen atoms in total. The van der Waals surface area contributed by atoms with Crippen LogP contribution in [-0.4, -0.2) is 18.8 Å². The van der Waals surface area contributed by atoms with Crippen molar-refractivity contribution >= 4 is 23.8 Å². The molecule has 0 unspecified atom stereocenters. The number of halogens is 1. The van der Waals surface area contributed by atoms with E-state index in [1.54, 1.807) is 6.07 Å². The molecule has 0 spiro atoms. The van der Waals surface area contributed by atoms with E-state index in [0.717, 1.165) is 18.4 Å². The summed E-state index contributed by atoms with van der Waals surface area (Å²) < 4.78 is 5.64. The number of ether oxygens (including phenoxy) is 1. The van der Waals surface area contributed by atoms with Crippen LogP contribution in [-0.2, 0) is 0 Å². The molecule has 0 aliphatic heterocycles. The van der Waals surface area contributed by atoms with Gasteiger partial charge in [-0.1, -0.05) is 25.4 Å². The highest BCUT2D eigenvalue weighted by molar-refractivity contribution is 6.32. The first-order valence-electron chi connectivity index (χ1n) is 6.53. The molecule has 0 amide bonds. The predicted octanol–water partition coefficient (Wildman–Crippen LogP) is 2.76. The van der Waals surface area contributed by atoms with E-state index in [4.69, 9.17) is 27.8 Å². The molecule has 0 fully saturated rings. The van der Waals surface area contributed by atoms with Gasteiger partial charge in [-0.15, -0.1) is 5.10 Å². The van der Waals surface area contributed by atoms with Gasteiger partial charge in [-0.25, -0.2) is 0 Å². The molecule has 1 aromatic rings. The monoisotopic (exact) mass is 296 g/mol.